The van der Waals surface area contributed by atoms with Crippen molar-refractivity contribution < 1.29 is 23.8 Å². The summed E-state index contributed by atoms with van der Waals surface area (Å²) < 4.78 is 21.6. The van der Waals surface area contributed by atoms with Gasteiger partial charge in [-0.2, -0.15) is 0 Å². The minimum atomic E-state index is -0.754. The number of anilines is 1. The maximum atomic E-state index is 14.9. The fourth-order valence-corrected chi connectivity index (χ4v) is 6.04. The number of carbonyl (C=O) groups is 2. The number of halogens is 1. The number of carboxylic acids is 1. The monoisotopic (exact) mass is 604 g/mol. The SMILES string of the molecule is CC(CN1CCN(Cc2ccc(-c3cc4nccc(Oc5ccc(NC(=O)NC6CC6)cc5F)c4s3)nc2)CC1)C(=O)O. The molecule has 4 aromatic rings. The van der Waals surface area contributed by atoms with Crippen molar-refractivity contribution in [3.8, 4) is 22.1 Å². The van der Waals surface area contributed by atoms with Crippen molar-refractivity contribution in [2.45, 2.75) is 32.4 Å². The Morgan fingerprint density at radius 1 is 1.07 bits per heavy atom. The van der Waals surface area contributed by atoms with E-state index >= 15 is 0 Å². The Morgan fingerprint density at radius 3 is 2.56 bits per heavy atom. The summed E-state index contributed by atoms with van der Waals surface area (Å²) in [4.78, 5) is 37.8. The van der Waals surface area contributed by atoms with Crippen molar-refractivity contribution >= 4 is 39.2 Å². The number of urea groups is 1. The van der Waals surface area contributed by atoms with E-state index in [2.05, 4.69) is 31.5 Å². The molecule has 1 aliphatic heterocycles. The van der Waals surface area contributed by atoms with Gasteiger partial charge in [-0.3, -0.25) is 24.6 Å². The van der Waals surface area contributed by atoms with Gasteiger partial charge >= 0.3 is 12.0 Å². The van der Waals surface area contributed by atoms with E-state index in [4.69, 9.17) is 14.8 Å². The Kier molecular flexibility index (Phi) is 8.50. The predicted molar refractivity (Wildman–Crippen MR) is 163 cm³/mol. The Labute approximate surface area is 252 Å². The van der Waals surface area contributed by atoms with Crippen LogP contribution in [0.25, 0.3) is 20.8 Å². The van der Waals surface area contributed by atoms with Crippen molar-refractivity contribution in [1.82, 2.24) is 25.1 Å². The zero-order valence-electron chi connectivity index (χ0n) is 23.8. The van der Waals surface area contributed by atoms with Gasteiger partial charge in [-0.05, 0) is 42.7 Å². The van der Waals surface area contributed by atoms with Crippen molar-refractivity contribution in [2.24, 2.45) is 5.92 Å². The molecule has 1 saturated carbocycles. The summed E-state index contributed by atoms with van der Waals surface area (Å²) in [5, 5.41) is 14.6. The lowest BCUT2D eigenvalue weighted by Crippen LogP contribution is -2.47. The number of aliphatic carboxylic acids is 1. The van der Waals surface area contributed by atoms with Gasteiger partial charge in [-0.15, -0.1) is 11.3 Å². The van der Waals surface area contributed by atoms with Crippen LogP contribution in [-0.4, -0.2) is 75.6 Å². The summed E-state index contributed by atoms with van der Waals surface area (Å²) in [5.74, 6) is -1.16. The zero-order valence-corrected chi connectivity index (χ0v) is 24.6. The van der Waals surface area contributed by atoms with E-state index in [9.17, 15) is 14.0 Å². The van der Waals surface area contributed by atoms with Crippen LogP contribution in [0.15, 0.2) is 54.9 Å². The van der Waals surface area contributed by atoms with Crippen molar-refractivity contribution in [3.63, 3.8) is 0 Å². The fraction of sp³-hybridized carbons (Fsp3) is 0.355. The second-order valence-electron chi connectivity index (χ2n) is 11.1. The fourth-order valence-electron chi connectivity index (χ4n) is 5.00. The van der Waals surface area contributed by atoms with Crippen LogP contribution in [0.5, 0.6) is 11.5 Å². The molecule has 2 fully saturated rings. The molecule has 4 heterocycles. The largest absolute Gasteiger partial charge is 0.481 e. The van der Waals surface area contributed by atoms with Crippen LogP contribution in [0.4, 0.5) is 14.9 Å². The number of pyridine rings is 2. The van der Waals surface area contributed by atoms with Crippen LogP contribution in [0.2, 0.25) is 0 Å². The molecule has 10 nitrogen and oxygen atoms in total. The molecule has 0 spiro atoms. The van der Waals surface area contributed by atoms with E-state index in [0.717, 1.165) is 71.9 Å². The molecule has 6 rings (SSSR count). The summed E-state index contributed by atoms with van der Waals surface area (Å²) in [6.07, 6.45) is 5.46. The maximum Gasteiger partial charge on any atom is 0.319 e. The minimum absolute atomic E-state index is 0.0512. The van der Waals surface area contributed by atoms with E-state index in [1.54, 1.807) is 25.3 Å². The Hall–Kier alpha value is -4.13. The molecule has 1 aliphatic carbocycles. The molecule has 0 radical (unpaired) electrons. The molecule has 224 valence electrons. The highest BCUT2D eigenvalue weighted by atomic mass is 32.1. The van der Waals surface area contributed by atoms with Crippen LogP contribution in [0.1, 0.15) is 25.3 Å². The normalized spacial score (nSPS) is 16.6. The Bertz CT molecular complexity index is 1620. The van der Waals surface area contributed by atoms with Crippen molar-refractivity contribution in [1.29, 1.82) is 0 Å². The summed E-state index contributed by atoms with van der Waals surface area (Å²) in [5.41, 5.74) is 3.01. The number of carboxylic acid groups (broad SMARTS) is 1. The van der Waals surface area contributed by atoms with E-state index in [0.29, 0.717) is 18.0 Å². The van der Waals surface area contributed by atoms with Gasteiger partial charge < -0.3 is 20.5 Å². The summed E-state index contributed by atoms with van der Waals surface area (Å²) in [7, 11) is 0. The quantitative estimate of drug-likeness (QED) is 0.220. The number of fused-ring (bicyclic) bond motifs is 1. The van der Waals surface area contributed by atoms with E-state index in [1.165, 1.54) is 23.5 Å². The van der Waals surface area contributed by atoms with Gasteiger partial charge in [0.1, 0.15) is 5.75 Å². The zero-order chi connectivity index (χ0) is 29.9. The molecule has 43 heavy (non-hydrogen) atoms. The number of nitrogens with zero attached hydrogens (tertiary/aromatic N) is 4. The average Bonchev–Trinajstić information content (AvgIpc) is 3.69. The third kappa shape index (κ3) is 7.27. The number of ether oxygens (including phenoxy) is 1. The highest BCUT2D eigenvalue weighted by Gasteiger charge is 2.24. The van der Waals surface area contributed by atoms with Crippen LogP contribution >= 0.6 is 11.3 Å². The number of thiophene rings is 1. The van der Waals surface area contributed by atoms with Gasteiger partial charge in [0, 0.05) is 75.5 Å². The van der Waals surface area contributed by atoms with Gasteiger partial charge in [0.05, 0.1) is 26.7 Å². The number of piperazine rings is 1. The molecule has 1 saturated heterocycles. The third-order valence-corrected chi connectivity index (χ3v) is 8.76. The van der Waals surface area contributed by atoms with Gasteiger partial charge in [0.15, 0.2) is 11.6 Å². The standard InChI is InChI=1S/C31H33FN6O4S/c1-19(30(39)40)17-37-10-12-38(13-11-37)18-20-2-6-24(34-16-20)28-15-25-29(43-28)27(8-9-33-25)42-26-7-5-22(14-23(26)32)36-31(41)35-21-3-4-21/h2,5-9,14-16,19,21H,3-4,10-13,17-18H2,1H3,(H,39,40)(H2,35,36,41). The average molecular weight is 605 g/mol. The first-order chi connectivity index (χ1) is 20.8. The topological polar surface area (TPSA) is 120 Å². The summed E-state index contributed by atoms with van der Waals surface area (Å²) >= 11 is 1.48. The number of hydrogen-bond acceptors (Lipinski definition) is 8. The van der Waals surface area contributed by atoms with Crippen molar-refractivity contribution in [3.05, 3.63) is 66.2 Å². The first-order valence-electron chi connectivity index (χ1n) is 14.4. The molecule has 1 unspecified atom stereocenters. The highest BCUT2D eigenvalue weighted by Crippen LogP contribution is 2.39. The van der Waals surface area contributed by atoms with E-state index < -0.39 is 11.8 Å². The third-order valence-electron chi connectivity index (χ3n) is 7.60. The predicted octanol–water partition coefficient (Wildman–Crippen LogP) is 5.41. The molecule has 2 aliphatic rings. The van der Waals surface area contributed by atoms with Gasteiger partial charge in [0.25, 0.3) is 0 Å². The first-order valence-corrected chi connectivity index (χ1v) is 15.2. The lowest BCUT2D eigenvalue weighted by Gasteiger charge is -2.35. The van der Waals surface area contributed by atoms with Crippen LogP contribution in [0.3, 0.4) is 0 Å². The number of nitrogens with one attached hydrogen (secondary N) is 2. The Morgan fingerprint density at radius 2 is 1.86 bits per heavy atom. The maximum absolute atomic E-state index is 14.9. The molecule has 0 bridgehead atoms. The Balaban J connectivity index is 1.08. The number of rotatable bonds is 10. The van der Waals surface area contributed by atoms with E-state index in [1.807, 2.05) is 18.3 Å². The highest BCUT2D eigenvalue weighted by molar-refractivity contribution is 7.22. The molecule has 3 N–H and O–H groups in total. The minimum Gasteiger partial charge on any atom is -0.481 e. The molecule has 1 atom stereocenters. The van der Waals surface area contributed by atoms with Crippen LogP contribution in [-0.2, 0) is 11.3 Å². The lowest BCUT2D eigenvalue weighted by molar-refractivity contribution is -0.141. The van der Waals surface area contributed by atoms with E-state index in [-0.39, 0.29) is 23.7 Å². The lowest BCUT2D eigenvalue weighted by atomic mass is 10.1. The van der Waals surface area contributed by atoms with Gasteiger partial charge in [-0.25, -0.2) is 9.18 Å². The molecular formula is C31H33FN6O4S. The molecule has 1 aromatic carbocycles. The molecule has 12 heteroatoms. The molecular weight excluding hydrogens is 571 g/mol. The van der Waals surface area contributed by atoms with Gasteiger partial charge in [-0.1, -0.05) is 13.0 Å². The number of carbonyl (C=O) groups excluding carboxylic acids is 1. The summed E-state index contributed by atoms with van der Waals surface area (Å²) in [6, 6.07) is 11.9. The summed E-state index contributed by atoms with van der Waals surface area (Å²) in [6.45, 7) is 6.58. The second-order valence-corrected chi connectivity index (χ2v) is 12.2. The van der Waals surface area contributed by atoms with Crippen LogP contribution < -0.4 is 15.4 Å². The van der Waals surface area contributed by atoms with Crippen molar-refractivity contribution in [2.75, 3.05) is 38.0 Å². The number of amides is 2. The van der Waals surface area contributed by atoms with Crippen LogP contribution in [0, 0.1) is 11.7 Å². The number of hydrogen-bond donors (Lipinski definition) is 3. The number of benzene rings is 1. The smallest absolute Gasteiger partial charge is 0.319 e. The second kappa shape index (κ2) is 12.6. The molecule has 3 aromatic heterocycles. The van der Waals surface area contributed by atoms with Gasteiger partial charge in [0.2, 0.25) is 0 Å². The molecule has 2 amide bonds. The number of aromatic nitrogens is 2. The first kappa shape index (κ1) is 29.0.